The number of aromatic nitrogens is 2. The van der Waals surface area contributed by atoms with E-state index in [4.69, 9.17) is 21.1 Å². The van der Waals surface area contributed by atoms with Crippen LogP contribution in [0.2, 0.25) is 5.02 Å². The zero-order valence-electron chi connectivity index (χ0n) is 16.8. The zero-order valence-corrected chi connectivity index (χ0v) is 17.6. The van der Waals surface area contributed by atoms with E-state index in [1.54, 1.807) is 35.2 Å². The molecule has 0 aliphatic carbocycles. The predicted molar refractivity (Wildman–Crippen MR) is 117 cm³/mol. The molecule has 0 radical (unpaired) electrons. The quantitative estimate of drug-likeness (QED) is 0.547. The predicted octanol–water partition coefficient (Wildman–Crippen LogP) is 3.94. The molecule has 0 atom stereocenters. The van der Waals surface area contributed by atoms with Gasteiger partial charge in [-0.25, -0.2) is 0 Å². The van der Waals surface area contributed by atoms with Crippen molar-refractivity contribution >= 4 is 11.6 Å². The summed E-state index contributed by atoms with van der Waals surface area (Å²) in [5.41, 5.74) is 1.35. The average Bonchev–Trinajstić information content (AvgIpc) is 2.73. The van der Waals surface area contributed by atoms with Gasteiger partial charge in [0.25, 0.3) is 5.56 Å². The van der Waals surface area contributed by atoms with Crippen molar-refractivity contribution in [2.45, 2.75) is 26.1 Å². The molecule has 3 aromatic rings. The Bertz CT molecular complexity index is 1030. The third kappa shape index (κ3) is 5.01. The zero-order chi connectivity index (χ0) is 20.9. The van der Waals surface area contributed by atoms with Crippen molar-refractivity contribution in [2.24, 2.45) is 0 Å². The Balaban J connectivity index is 1.35. The maximum atomic E-state index is 12.5. The van der Waals surface area contributed by atoms with Crippen molar-refractivity contribution in [3.8, 4) is 17.2 Å². The Labute approximate surface area is 180 Å². The summed E-state index contributed by atoms with van der Waals surface area (Å²) in [4.78, 5) is 19.1. The smallest absolute Gasteiger partial charge is 0.258 e. The summed E-state index contributed by atoms with van der Waals surface area (Å²) in [7, 11) is 0. The Kier molecular flexibility index (Phi) is 6.35. The van der Waals surface area contributed by atoms with Gasteiger partial charge in [0.15, 0.2) is 0 Å². The number of halogens is 1. The summed E-state index contributed by atoms with van der Waals surface area (Å²) in [6, 6.07) is 14.4. The van der Waals surface area contributed by atoms with E-state index in [0.29, 0.717) is 10.8 Å². The molecule has 0 bridgehead atoms. The van der Waals surface area contributed by atoms with Crippen molar-refractivity contribution in [1.82, 2.24) is 14.5 Å². The molecule has 4 rings (SSSR count). The topological polar surface area (TPSA) is 56.6 Å². The van der Waals surface area contributed by atoms with Crippen molar-refractivity contribution in [3.05, 3.63) is 82.0 Å². The van der Waals surface area contributed by atoms with E-state index in [1.165, 1.54) is 6.07 Å². The second-order valence-corrected chi connectivity index (χ2v) is 7.76. The van der Waals surface area contributed by atoms with Gasteiger partial charge >= 0.3 is 0 Å². The molecule has 0 spiro atoms. The van der Waals surface area contributed by atoms with Crippen LogP contribution in [0.25, 0.3) is 5.69 Å². The van der Waals surface area contributed by atoms with E-state index in [2.05, 4.69) is 16.8 Å². The highest BCUT2D eigenvalue weighted by Crippen LogP contribution is 2.20. The van der Waals surface area contributed by atoms with Gasteiger partial charge in [0.1, 0.15) is 24.2 Å². The van der Waals surface area contributed by atoms with Crippen LogP contribution in [0.15, 0.2) is 65.7 Å². The van der Waals surface area contributed by atoms with Crippen LogP contribution in [0.4, 0.5) is 0 Å². The second kappa shape index (κ2) is 9.32. The third-order valence-corrected chi connectivity index (χ3v) is 5.17. The molecule has 6 nitrogen and oxygen atoms in total. The molecule has 156 valence electrons. The van der Waals surface area contributed by atoms with Crippen LogP contribution in [-0.4, -0.2) is 40.2 Å². The molecule has 30 heavy (non-hydrogen) atoms. The molecule has 1 fully saturated rings. The normalized spacial score (nSPS) is 14.3. The largest absolute Gasteiger partial charge is 0.488 e. The van der Waals surface area contributed by atoms with Crippen molar-refractivity contribution in [2.75, 3.05) is 19.6 Å². The summed E-state index contributed by atoms with van der Waals surface area (Å²) in [5, 5.41) is 0.573. The van der Waals surface area contributed by atoms with Crippen LogP contribution >= 0.6 is 11.6 Å². The minimum Gasteiger partial charge on any atom is -0.488 e. The molecule has 0 amide bonds. The van der Waals surface area contributed by atoms with E-state index in [-0.39, 0.29) is 18.3 Å². The maximum absolute atomic E-state index is 12.5. The number of pyridine rings is 2. The Morgan fingerprint density at radius 1 is 1.10 bits per heavy atom. The number of nitrogens with zero attached hydrogens (tertiary/aromatic N) is 3. The van der Waals surface area contributed by atoms with Crippen molar-refractivity contribution in [3.63, 3.8) is 0 Å². The summed E-state index contributed by atoms with van der Waals surface area (Å²) in [6.45, 7) is 5.52. The summed E-state index contributed by atoms with van der Waals surface area (Å²) in [5.74, 6) is 1.32. The number of hydrogen-bond acceptors (Lipinski definition) is 5. The molecule has 2 aromatic heterocycles. The first-order chi connectivity index (χ1) is 14.6. The molecule has 0 saturated carbocycles. The molecule has 1 saturated heterocycles. The van der Waals surface area contributed by atoms with Gasteiger partial charge in [-0.2, -0.15) is 0 Å². The highest BCUT2D eigenvalue weighted by molar-refractivity contribution is 6.30. The van der Waals surface area contributed by atoms with E-state index in [1.807, 2.05) is 24.3 Å². The van der Waals surface area contributed by atoms with E-state index < -0.39 is 0 Å². The molecular weight excluding hydrogens is 402 g/mol. The van der Waals surface area contributed by atoms with Crippen LogP contribution in [0, 0.1) is 0 Å². The first-order valence-corrected chi connectivity index (χ1v) is 10.4. The molecule has 0 unspecified atom stereocenters. The monoisotopic (exact) mass is 425 g/mol. The number of benzene rings is 1. The summed E-state index contributed by atoms with van der Waals surface area (Å²) >= 11 is 5.83. The van der Waals surface area contributed by atoms with E-state index >= 15 is 0 Å². The van der Waals surface area contributed by atoms with Gasteiger partial charge in [-0.3, -0.25) is 19.2 Å². The lowest BCUT2D eigenvalue weighted by Crippen LogP contribution is -2.53. The van der Waals surface area contributed by atoms with Crippen molar-refractivity contribution in [1.29, 1.82) is 0 Å². The third-order valence-electron chi connectivity index (χ3n) is 4.95. The molecule has 1 aliphatic heterocycles. The summed E-state index contributed by atoms with van der Waals surface area (Å²) in [6.07, 6.45) is 4.68. The number of rotatable bonds is 8. The highest BCUT2D eigenvalue weighted by atomic mass is 35.5. The van der Waals surface area contributed by atoms with Gasteiger partial charge in [0.05, 0.1) is 10.7 Å². The van der Waals surface area contributed by atoms with Crippen molar-refractivity contribution < 1.29 is 9.47 Å². The second-order valence-electron chi connectivity index (χ2n) is 7.32. The Morgan fingerprint density at radius 3 is 2.57 bits per heavy atom. The number of hydrogen-bond donors (Lipinski definition) is 0. The van der Waals surface area contributed by atoms with E-state index in [9.17, 15) is 4.79 Å². The number of likely N-dealkylation sites (tertiary alicyclic amines) is 1. The van der Waals surface area contributed by atoms with Crippen LogP contribution in [0.1, 0.15) is 19.0 Å². The highest BCUT2D eigenvalue weighted by Gasteiger charge is 2.27. The van der Waals surface area contributed by atoms with Gasteiger partial charge in [0.2, 0.25) is 0 Å². The fourth-order valence-corrected chi connectivity index (χ4v) is 3.50. The molecule has 1 aromatic carbocycles. The molecule has 7 heteroatoms. The standard InChI is InChI=1S/C23H24ClN3O3/c1-2-10-26-14-22(15-26)30-20-7-5-19(6-8-20)27-11-9-21(12-23(27)28)29-16-18-4-3-17(24)13-25-18/h3-9,11-13,22H,2,10,14-16H2,1H3. The SMILES string of the molecule is CCCN1CC(Oc2ccc(-n3ccc(OCc4ccc(Cl)cn4)cc3=O)cc2)C1. The molecule has 3 heterocycles. The first-order valence-electron chi connectivity index (χ1n) is 10.1. The van der Waals surface area contributed by atoms with Crippen LogP contribution < -0.4 is 15.0 Å². The minimum absolute atomic E-state index is 0.167. The van der Waals surface area contributed by atoms with Gasteiger partial charge < -0.3 is 9.47 Å². The van der Waals surface area contributed by atoms with Crippen LogP contribution in [-0.2, 0) is 6.61 Å². The number of ether oxygens (including phenoxy) is 2. The summed E-state index contributed by atoms with van der Waals surface area (Å²) < 4.78 is 13.2. The fraction of sp³-hybridized carbons (Fsp3) is 0.304. The molecule has 1 aliphatic rings. The molecule has 0 N–H and O–H groups in total. The minimum atomic E-state index is -0.167. The Morgan fingerprint density at radius 2 is 1.90 bits per heavy atom. The van der Waals surface area contributed by atoms with Gasteiger partial charge in [-0.1, -0.05) is 18.5 Å². The van der Waals surface area contributed by atoms with Crippen LogP contribution in [0.5, 0.6) is 11.5 Å². The first kappa shape index (κ1) is 20.4. The van der Waals surface area contributed by atoms with Crippen LogP contribution in [0.3, 0.4) is 0 Å². The average molecular weight is 426 g/mol. The van der Waals surface area contributed by atoms with E-state index in [0.717, 1.165) is 43.2 Å². The molecular formula is C23H24ClN3O3. The van der Waals surface area contributed by atoms with Gasteiger partial charge in [0, 0.05) is 37.2 Å². The lowest BCUT2D eigenvalue weighted by Gasteiger charge is -2.38. The maximum Gasteiger partial charge on any atom is 0.258 e. The fourth-order valence-electron chi connectivity index (χ4n) is 3.39. The van der Waals surface area contributed by atoms with Gasteiger partial charge in [-0.05, 0) is 55.4 Å². The lowest BCUT2D eigenvalue weighted by molar-refractivity contribution is 0.0203. The lowest BCUT2D eigenvalue weighted by atomic mass is 10.1. The Hall–Kier alpha value is -2.83. The van der Waals surface area contributed by atoms with Gasteiger partial charge in [-0.15, -0.1) is 0 Å².